The number of hydrogen-bond acceptors (Lipinski definition) is 9. The largest absolute Gasteiger partial charge is 0.461 e. The van der Waals surface area contributed by atoms with E-state index < -0.39 is 32.8 Å². The summed E-state index contributed by atoms with van der Waals surface area (Å²) in [7, 11) is 0. The van der Waals surface area contributed by atoms with Crippen molar-refractivity contribution >= 4 is 28.6 Å². The Morgan fingerprint density at radius 1 is 0.788 bits per heavy atom. The maximum absolute atomic E-state index is 12.6. The first-order chi connectivity index (χ1) is 15.8. The van der Waals surface area contributed by atoms with Gasteiger partial charge in [0.25, 0.3) is 5.69 Å². The molecule has 2 aromatic carbocycles. The van der Waals surface area contributed by atoms with Gasteiger partial charge in [0.05, 0.1) is 22.4 Å². The van der Waals surface area contributed by atoms with Crippen LogP contribution in [-0.4, -0.2) is 21.4 Å². The van der Waals surface area contributed by atoms with Gasteiger partial charge in [-0.2, -0.15) is 0 Å². The van der Waals surface area contributed by atoms with Crippen LogP contribution in [0.3, 0.4) is 0 Å². The van der Waals surface area contributed by atoms with Crippen molar-refractivity contribution in [1.29, 1.82) is 0 Å². The number of ketones is 2. The van der Waals surface area contributed by atoms with Crippen molar-refractivity contribution in [3.63, 3.8) is 0 Å². The number of nitrogens with two attached hydrogens (primary N) is 1. The van der Waals surface area contributed by atoms with Gasteiger partial charge in [0.2, 0.25) is 11.6 Å². The molecule has 2 heterocycles. The molecule has 0 aliphatic carbocycles. The summed E-state index contributed by atoms with van der Waals surface area (Å²) in [5.74, 6) is -1.63. The number of benzene rings is 2. The van der Waals surface area contributed by atoms with Crippen molar-refractivity contribution in [2.75, 3.05) is 5.73 Å². The van der Waals surface area contributed by atoms with Gasteiger partial charge in [-0.15, -0.1) is 0 Å². The van der Waals surface area contributed by atoms with Crippen LogP contribution in [0.1, 0.15) is 32.2 Å². The number of nitro groups is 2. The van der Waals surface area contributed by atoms with Crippen molar-refractivity contribution in [3.05, 3.63) is 110 Å². The van der Waals surface area contributed by atoms with E-state index in [0.717, 1.165) is 6.07 Å². The second-order valence-electron chi connectivity index (χ2n) is 6.78. The first-order valence-corrected chi connectivity index (χ1v) is 9.31. The SMILES string of the molecule is Nc1c(-c2ccc(C(=O)c3ccco3)c([N+](=O)[O-])c2)ccc(C(=O)c2ccco2)c1[N+](=O)[O-]. The maximum atomic E-state index is 12.6. The molecule has 11 heteroatoms. The van der Waals surface area contributed by atoms with Gasteiger partial charge in [0, 0.05) is 11.6 Å². The molecule has 33 heavy (non-hydrogen) atoms. The molecular weight excluding hydrogens is 434 g/mol. The Labute approximate surface area is 184 Å². The van der Waals surface area contributed by atoms with Crippen LogP contribution < -0.4 is 5.73 Å². The molecule has 164 valence electrons. The van der Waals surface area contributed by atoms with Crippen LogP contribution in [0.15, 0.2) is 76.0 Å². The van der Waals surface area contributed by atoms with Gasteiger partial charge < -0.3 is 14.6 Å². The molecule has 0 saturated carbocycles. The number of hydrogen-bond donors (Lipinski definition) is 1. The summed E-state index contributed by atoms with van der Waals surface area (Å²) in [6.07, 6.45) is 2.51. The Kier molecular flexibility index (Phi) is 5.28. The number of nitro benzene ring substituents is 2. The standard InChI is InChI=1S/C22H13N3O8/c23-19-13(7-8-15(20(19)25(30)31)22(27)18-4-2-10-33-18)12-5-6-14(16(11-12)24(28)29)21(26)17-3-1-9-32-17/h1-11H,23H2. The van der Waals surface area contributed by atoms with E-state index in [1.807, 2.05) is 0 Å². The summed E-state index contributed by atoms with van der Waals surface area (Å²) in [6, 6.07) is 11.9. The lowest BCUT2D eigenvalue weighted by Crippen LogP contribution is -2.08. The predicted molar refractivity (Wildman–Crippen MR) is 114 cm³/mol. The molecule has 4 aromatic rings. The molecular formula is C22H13N3O8. The van der Waals surface area contributed by atoms with E-state index in [1.165, 1.54) is 61.1 Å². The van der Waals surface area contributed by atoms with Gasteiger partial charge >= 0.3 is 5.69 Å². The van der Waals surface area contributed by atoms with E-state index in [2.05, 4.69) is 0 Å². The van der Waals surface area contributed by atoms with Crippen molar-refractivity contribution < 1.29 is 28.3 Å². The number of rotatable bonds is 7. The molecule has 0 fully saturated rings. The van der Waals surface area contributed by atoms with Gasteiger partial charge in [-0.05, 0) is 42.0 Å². The second-order valence-corrected chi connectivity index (χ2v) is 6.78. The van der Waals surface area contributed by atoms with E-state index in [0.29, 0.717) is 0 Å². The molecule has 0 atom stereocenters. The molecule has 4 rings (SSSR count). The number of carbonyl (C=O) groups excluding carboxylic acids is 2. The highest BCUT2D eigenvalue weighted by molar-refractivity contribution is 6.12. The Hall–Kier alpha value is -5.06. The van der Waals surface area contributed by atoms with Crippen LogP contribution in [0, 0.1) is 20.2 Å². The summed E-state index contributed by atoms with van der Waals surface area (Å²) < 4.78 is 10.0. The average Bonchev–Trinajstić information content (AvgIpc) is 3.51. The summed E-state index contributed by atoms with van der Waals surface area (Å²) in [5, 5.41) is 23.4. The summed E-state index contributed by atoms with van der Waals surface area (Å²) >= 11 is 0. The van der Waals surface area contributed by atoms with Crippen LogP contribution in [0.2, 0.25) is 0 Å². The number of nitrogens with zero attached hydrogens (tertiary/aromatic N) is 2. The normalized spacial score (nSPS) is 10.7. The number of furan rings is 2. The highest BCUT2D eigenvalue weighted by Gasteiger charge is 2.29. The Bertz CT molecular complexity index is 1410. The first kappa shape index (κ1) is 21.2. The Morgan fingerprint density at radius 2 is 1.36 bits per heavy atom. The Balaban J connectivity index is 1.84. The molecule has 0 saturated heterocycles. The highest BCUT2D eigenvalue weighted by Crippen LogP contribution is 2.39. The van der Waals surface area contributed by atoms with Crippen LogP contribution >= 0.6 is 0 Å². The molecule has 0 spiro atoms. The summed E-state index contributed by atoms with van der Waals surface area (Å²) in [4.78, 5) is 47.0. The molecule has 0 radical (unpaired) electrons. The van der Waals surface area contributed by atoms with Crippen molar-refractivity contribution in [1.82, 2.24) is 0 Å². The molecule has 0 bridgehead atoms. The second kappa shape index (κ2) is 8.23. The van der Waals surface area contributed by atoms with E-state index in [4.69, 9.17) is 14.6 Å². The summed E-state index contributed by atoms with van der Waals surface area (Å²) in [6.45, 7) is 0. The topological polar surface area (TPSA) is 173 Å². The molecule has 2 aromatic heterocycles. The molecule has 2 N–H and O–H groups in total. The monoisotopic (exact) mass is 447 g/mol. The van der Waals surface area contributed by atoms with Crippen molar-refractivity contribution in [2.24, 2.45) is 0 Å². The van der Waals surface area contributed by atoms with E-state index in [9.17, 15) is 29.8 Å². The minimum absolute atomic E-state index is 0.0813. The van der Waals surface area contributed by atoms with Gasteiger partial charge in [-0.1, -0.05) is 12.1 Å². The zero-order valence-electron chi connectivity index (χ0n) is 16.6. The van der Waals surface area contributed by atoms with Gasteiger partial charge in [0.15, 0.2) is 11.5 Å². The fraction of sp³-hybridized carbons (Fsp3) is 0. The number of carbonyl (C=O) groups is 2. The van der Waals surface area contributed by atoms with Crippen LogP contribution in [0.5, 0.6) is 0 Å². The predicted octanol–water partition coefficient (Wildman–Crippen LogP) is 4.40. The molecule has 0 aliphatic heterocycles. The van der Waals surface area contributed by atoms with Gasteiger partial charge in [-0.25, -0.2) is 0 Å². The van der Waals surface area contributed by atoms with Crippen molar-refractivity contribution in [3.8, 4) is 11.1 Å². The van der Waals surface area contributed by atoms with Gasteiger partial charge in [0.1, 0.15) is 16.8 Å². The third kappa shape index (κ3) is 3.74. The lowest BCUT2D eigenvalue weighted by Gasteiger charge is -2.10. The lowest BCUT2D eigenvalue weighted by atomic mass is 9.95. The van der Waals surface area contributed by atoms with E-state index in [-0.39, 0.29) is 39.5 Å². The number of anilines is 1. The van der Waals surface area contributed by atoms with Crippen LogP contribution in [0.4, 0.5) is 17.1 Å². The van der Waals surface area contributed by atoms with E-state index >= 15 is 0 Å². The van der Waals surface area contributed by atoms with Crippen molar-refractivity contribution in [2.45, 2.75) is 0 Å². The maximum Gasteiger partial charge on any atom is 0.303 e. The van der Waals surface area contributed by atoms with Crippen LogP contribution in [-0.2, 0) is 0 Å². The smallest absolute Gasteiger partial charge is 0.303 e. The third-order valence-electron chi connectivity index (χ3n) is 4.88. The van der Waals surface area contributed by atoms with Gasteiger partial charge in [-0.3, -0.25) is 29.8 Å². The minimum atomic E-state index is -0.807. The zero-order valence-corrected chi connectivity index (χ0v) is 16.6. The van der Waals surface area contributed by atoms with Crippen LogP contribution in [0.25, 0.3) is 11.1 Å². The molecule has 11 nitrogen and oxygen atoms in total. The fourth-order valence-corrected chi connectivity index (χ4v) is 3.36. The molecule has 0 aliphatic rings. The van der Waals surface area contributed by atoms with E-state index in [1.54, 1.807) is 0 Å². The highest BCUT2D eigenvalue weighted by atomic mass is 16.6. The summed E-state index contributed by atoms with van der Waals surface area (Å²) in [5.41, 5.74) is 4.18. The number of nitrogen functional groups attached to an aromatic ring is 1. The minimum Gasteiger partial charge on any atom is -0.461 e. The first-order valence-electron chi connectivity index (χ1n) is 9.31. The molecule has 0 amide bonds. The quantitative estimate of drug-likeness (QED) is 0.186. The fourth-order valence-electron chi connectivity index (χ4n) is 3.36. The Morgan fingerprint density at radius 3 is 1.88 bits per heavy atom. The third-order valence-corrected chi connectivity index (χ3v) is 4.88. The molecule has 0 unspecified atom stereocenters. The average molecular weight is 447 g/mol. The zero-order chi connectivity index (χ0) is 23.7. The lowest BCUT2D eigenvalue weighted by molar-refractivity contribution is -0.385.